The lowest BCUT2D eigenvalue weighted by atomic mass is 10.1. The number of benzene rings is 1. The summed E-state index contributed by atoms with van der Waals surface area (Å²) in [5.41, 5.74) is 3.93. The Morgan fingerprint density at radius 3 is 3.00 bits per heavy atom. The summed E-state index contributed by atoms with van der Waals surface area (Å²) in [6.45, 7) is 4.17. The molecule has 0 unspecified atom stereocenters. The molecule has 4 nitrogen and oxygen atoms in total. The second kappa shape index (κ2) is 6.41. The van der Waals surface area contributed by atoms with Crippen molar-refractivity contribution < 1.29 is 4.79 Å². The first-order valence-electron chi connectivity index (χ1n) is 8.38. The first-order valence-corrected chi connectivity index (χ1v) is 9.20. The van der Waals surface area contributed by atoms with Gasteiger partial charge in [-0.15, -0.1) is 11.3 Å². The van der Waals surface area contributed by atoms with Crippen molar-refractivity contribution in [1.29, 1.82) is 0 Å². The molecule has 1 aliphatic rings. The molecule has 0 aliphatic heterocycles. The van der Waals surface area contributed by atoms with Gasteiger partial charge in [-0.3, -0.25) is 14.8 Å². The Bertz CT molecular complexity index is 971. The summed E-state index contributed by atoms with van der Waals surface area (Å²) < 4.78 is 0. The van der Waals surface area contributed by atoms with E-state index in [1.54, 1.807) is 22.4 Å². The summed E-state index contributed by atoms with van der Waals surface area (Å²) in [5, 5.41) is 1.85. The number of aliphatic imine (C=N–C) groups is 1. The second-order valence-electron chi connectivity index (χ2n) is 6.35. The molecular weight excluding hydrogens is 330 g/mol. The quantitative estimate of drug-likeness (QED) is 0.656. The summed E-state index contributed by atoms with van der Waals surface area (Å²) in [5.74, 6) is 0.0229. The highest BCUT2D eigenvalue weighted by Gasteiger charge is 2.28. The molecule has 0 atom stereocenters. The fraction of sp³-hybridized carbons (Fsp3) is 0.250. The number of hydrogen-bond acceptors (Lipinski definition) is 4. The van der Waals surface area contributed by atoms with Gasteiger partial charge in [-0.25, -0.2) is 0 Å². The van der Waals surface area contributed by atoms with Crippen LogP contribution in [0.1, 0.15) is 32.8 Å². The van der Waals surface area contributed by atoms with Gasteiger partial charge in [0.05, 0.1) is 11.1 Å². The average molecular weight is 349 g/mol. The van der Waals surface area contributed by atoms with Gasteiger partial charge in [-0.2, -0.15) is 0 Å². The first kappa shape index (κ1) is 16.0. The lowest BCUT2D eigenvalue weighted by molar-refractivity contribution is 0.0786. The molecule has 0 N–H and O–H groups in total. The van der Waals surface area contributed by atoms with Crippen LogP contribution in [0.5, 0.6) is 0 Å². The highest BCUT2D eigenvalue weighted by atomic mass is 32.1. The van der Waals surface area contributed by atoms with Gasteiger partial charge in [0, 0.05) is 30.1 Å². The minimum Gasteiger partial charge on any atom is -0.337 e. The van der Waals surface area contributed by atoms with Crippen molar-refractivity contribution >= 4 is 39.9 Å². The molecule has 0 bridgehead atoms. The van der Waals surface area contributed by atoms with E-state index in [2.05, 4.69) is 16.7 Å². The maximum absolute atomic E-state index is 13.1. The number of carbonyl (C=O) groups excluding carboxylic acids is 1. The van der Waals surface area contributed by atoms with E-state index in [0.29, 0.717) is 6.54 Å². The molecule has 0 saturated carbocycles. The van der Waals surface area contributed by atoms with Crippen LogP contribution in [0.25, 0.3) is 10.9 Å². The van der Waals surface area contributed by atoms with Crippen LogP contribution < -0.4 is 0 Å². The Labute approximate surface area is 150 Å². The number of thiophene rings is 1. The second-order valence-corrected chi connectivity index (χ2v) is 7.43. The molecule has 5 heteroatoms. The average Bonchev–Trinajstić information content (AvgIpc) is 3.22. The van der Waals surface area contributed by atoms with E-state index in [1.165, 1.54) is 10.4 Å². The van der Waals surface area contributed by atoms with Gasteiger partial charge in [-0.1, -0.05) is 24.3 Å². The zero-order valence-corrected chi connectivity index (χ0v) is 15.0. The Balaban J connectivity index is 1.66. The largest absolute Gasteiger partial charge is 0.337 e. The van der Waals surface area contributed by atoms with Crippen LogP contribution in [0.15, 0.2) is 41.5 Å². The molecule has 1 aliphatic carbocycles. The van der Waals surface area contributed by atoms with Crippen molar-refractivity contribution in [3.05, 3.63) is 58.1 Å². The summed E-state index contributed by atoms with van der Waals surface area (Å²) in [6, 6.07) is 10.1. The molecule has 2 heterocycles. The maximum atomic E-state index is 13.1. The van der Waals surface area contributed by atoms with E-state index in [-0.39, 0.29) is 5.91 Å². The molecule has 1 aromatic carbocycles. The predicted octanol–water partition coefficient (Wildman–Crippen LogP) is 4.39. The van der Waals surface area contributed by atoms with Gasteiger partial charge < -0.3 is 4.90 Å². The van der Waals surface area contributed by atoms with Crippen molar-refractivity contribution in [2.45, 2.75) is 25.8 Å². The molecule has 0 spiro atoms. The van der Waals surface area contributed by atoms with Crippen LogP contribution >= 0.6 is 11.3 Å². The minimum atomic E-state index is 0.0229. The number of aryl methyl sites for hydroxylation is 1. The smallest absolute Gasteiger partial charge is 0.257 e. The molecule has 4 rings (SSSR count). The van der Waals surface area contributed by atoms with E-state index in [1.807, 2.05) is 37.4 Å². The molecule has 3 aromatic rings. The fourth-order valence-electron chi connectivity index (χ4n) is 3.53. The third-order valence-electron chi connectivity index (χ3n) is 4.73. The van der Waals surface area contributed by atoms with Crippen LogP contribution in [0.4, 0.5) is 5.00 Å². The number of hydrogen-bond donors (Lipinski definition) is 0. The van der Waals surface area contributed by atoms with Gasteiger partial charge >= 0.3 is 0 Å². The van der Waals surface area contributed by atoms with Crippen LogP contribution in [0, 0.1) is 0 Å². The Kier molecular flexibility index (Phi) is 4.09. The van der Waals surface area contributed by atoms with Gasteiger partial charge in [0.2, 0.25) is 0 Å². The number of amides is 1. The van der Waals surface area contributed by atoms with Gasteiger partial charge in [0.15, 0.2) is 0 Å². The number of carbonyl (C=O) groups is 1. The lowest BCUT2D eigenvalue weighted by Crippen LogP contribution is -2.26. The summed E-state index contributed by atoms with van der Waals surface area (Å²) >= 11 is 1.61. The molecule has 126 valence electrons. The van der Waals surface area contributed by atoms with Crippen molar-refractivity contribution in [2.75, 3.05) is 7.05 Å². The topological polar surface area (TPSA) is 45.6 Å². The van der Waals surface area contributed by atoms with Crippen molar-refractivity contribution in [3.63, 3.8) is 0 Å². The Morgan fingerprint density at radius 1 is 1.32 bits per heavy atom. The Hall–Kier alpha value is -2.53. The summed E-state index contributed by atoms with van der Waals surface area (Å²) in [7, 11) is 1.84. The minimum absolute atomic E-state index is 0.0229. The zero-order chi connectivity index (χ0) is 17.4. The van der Waals surface area contributed by atoms with Gasteiger partial charge in [0.1, 0.15) is 5.00 Å². The van der Waals surface area contributed by atoms with Crippen molar-refractivity contribution in [1.82, 2.24) is 9.88 Å². The van der Waals surface area contributed by atoms with E-state index < -0.39 is 0 Å². The van der Waals surface area contributed by atoms with Crippen LogP contribution in [-0.2, 0) is 19.4 Å². The van der Waals surface area contributed by atoms with E-state index >= 15 is 0 Å². The summed E-state index contributed by atoms with van der Waals surface area (Å²) in [6.07, 6.45) is 4.92. The van der Waals surface area contributed by atoms with Crippen LogP contribution in [0.2, 0.25) is 0 Å². The molecule has 1 amide bonds. The maximum Gasteiger partial charge on any atom is 0.257 e. The first-order chi connectivity index (χ1) is 12.2. The number of para-hydroxylation sites is 1. The van der Waals surface area contributed by atoms with Crippen LogP contribution in [-0.4, -0.2) is 29.6 Å². The highest BCUT2D eigenvalue weighted by Crippen LogP contribution is 2.41. The number of aromatic nitrogens is 1. The standard InChI is InChI=1S/C20H19N3OS/c1-21-19-17(15-9-4-10-16(15)25-19)20(24)23(2)12-14-7-3-6-13-8-5-11-22-18(13)14/h3,5-8,11H,1,4,9-10,12H2,2H3. The molecule has 2 aromatic heterocycles. The molecule has 0 radical (unpaired) electrons. The number of fused-ring (bicyclic) bond motifs is 2. The van der Waals surface area contributed by atoms with Gasteiger partial charge in [-0.05, 0) is 43.2 Å². The predicted molar refractivity (Wildman–Crippen MR) is 103 cm³/mol. The van der Waals surface area contributed by atoms with E-state index in [9.17, 15) is 4.79 Å². The number of rotatable bonds is 4. The summed E-state index contributed by atoms with van der Waals surface area (Å²) in [4.78, 5) is 24.8. The monoisotopic (exact) mass is 349 g/mol. The molecule has 0 fully saturated rings. The molecule has 0 saturated heterocycles. The number of nitrogens with zero attached hydrogens (tertiary/aromatic N) is 3. The Morgan fingerprint density at radius 2 is 2.16 bits per heavy atom. The lowest BCUT2D eigenvalue weighted by Gasteiger charge is -2.19. The van der Waals surface area contributed by atoms with Crippen LogP contribution in [0.3, 0.4) is 0 Å². The molecular formula is C20H19N3OS. The number of pyridine rings is 1. The van der Waals surface area contributed by atoms with Crippen molar-refractivity contribution in [3.8, 4) is 0 Å². The normalized spacial score (nSPS) is 13.0. The molecule has 25 heavy (non-hydrogen) atoms. The van der Waals surface area contributed by atoms with E-state index in [4.69, 9.17) is 0 Å². The third-order valence-corrected chi connectivity index (χ3v) is 5.95. The third kappa shape index (κ3) is 2.74. The zero-order valence-electron chi connectivity index (χ0n) is 14.2. The van der Waals surface area contributed by atoms with Gasteiger partial charge in [0.25, 0.3) is 5.91 Å². The van der Waals surface area contributed by atoms with Crippen molar-refractivity contribution in [2.24, 2.45) is 4.99 Å². The fourth-order valence-corrected chi connectivity index (χ4v) is 4.72. The highest BCUT2D eigenvalue weighted by molar-refractivity contribution is 7.16. The van der Waals surface area contributed by atoms with E-state index in [0.717, 1.165) is 46.3 Å². The SMILES string of the molecule is C=Nc1sc2c(c1C(=O)N(C)Cc1cccc3cccnc13)CCC2.